The van der Waals surface area contributed by atoms with E-state index in [2.05, 4.69) is 0 Å². The minimum Gasteiger partial charge on any atom is -0.508 e. The second-order valence-electron chi connectivity index (χ2n) is 6.85. The van der Waals surface area contributed by atoms with Crippen LogP contribution in [0.15, 0.2) is 42.5 Å². The van der Waals surface area contributed by atoms with Gasteiger partial charge in [0, 0.05) is 17.3 Å². The number of ketones is 1. The Morgan fingerprint density at radius 2 is 1.83 bits per heavy atom. The van der Waals surface area contributed by atoms with Crippen LogP contribution in [-0.2, 0) is 9.84 Å². The van der Waals surface area contributed by atoms with Crippen molar-refractivity contribution >= 4 is 21.3 Å². The van der Waals surface area contributed by atoms with Crippen LogP contribution < -0.4 is 14.4 Å². The quantitative estimate of drug-likeness (QED) is 0.643. The molecule has 0 amide bonds. The topological polar surface area (TPSA) is 113 Å². The number of aromatic hydroxyl groups is 1. The molecule has 8 nitrogen and oxygen atoms in total. The van der Waals surface area contributed by atoms with Crippen LogP contribution in [0.2, 0.25) is 0 Å². The number of nitrogens with zero attached hydrogens (tertiary/aromatic N) is 1. The Morgan fingerprint density at radius 1 is 1.10 bits per heavy atom. The van der Waals surface area contributed by atoms with Gasteiger partial charge in [-0.3, -0.25) is 4.79 Å². The molecule has 9 heteroatoms. The summed E-state index contributed by atoms with van der Waals surface area (Å²) in [5, 5.41) is 20.2. The van der Waals surface area contributed by atoms with E-state index in [-0.39, 0.29) is 29.6 Å². The van der Waals surface area contributed by atoms with Crippen LogP contribution >= 0.6 is 0 Å². The molecule has 2 aromatic carbocycles. The fraction of sp³-hybridized carbons (Fsp3) is 0.350. The Labute approximate surface area is 169 Å². The molecular formula is C20H23NO7S. The molecule has 1 aliphatic rings. The normalized spacial score (nSPS) is 20.2. The zero-order valence-electron chi connectivity index (χ0n) is 16.1. The zero-order chi connectivity index (χ0) is 21.2. The second kappa shape index (κ2) is 8.30. The van der Waals surface area contributed by atoms with Crippen LogP contribution in [0.3, 0.4) is 0 Å². The molecule has 2 N–H and O–H groups in total. The maximum absolute atomic E-state index is 13.0. The van der Waals surface area contributed by atoms with Crippen LogP contribution in [0.5, 0.6) is 17.2 Å². The lowest BCUT2D eigenvalue weighted by atomic mass is 10.1. The molecule has 156 valence electrons. The summed E-state index contributed by atoms with van der Waals surface area (Å²) in [6, 6.07) is 10.1. The number of carbonyl (C=O) groups excluding carboxylic acids is 1. The molecule has 29 heavy (non-hydrogen) atoms. The number of ether oxygens (including phenoxy) is 2. The van der Waals surface area contributed by atoms with Crippen molar-refractivity contribution in [2.75, 3.05) is 37.2 Å². The highest BCUT2D eigenvalue weighted by atomic mass is 32.2. The number of benzene rings is 2. The van der Waals surface area contributed by atoms with E-state index in [1.54, 1.807) is 30.3 Å². The number of hydrogen-bond donors (Lipinski definition) is 2. The van der Waals surface area contributed by atoms with Crippen LogP contribution in [0.25, 0.3) is 0 Å². The van der Waals surface area contributed by atoms with Gasteiger partial charge in [0.2, 0.25) is 0 Å². The van der Waals surface area contributed by atoms with E-state index >= 15 is 0 Å². The number of phenols is 1. The Hall–Kier alpha value is -2.78. The van der Waals surface area contributed by atoms with E-state index < -0.39 is 22.0 Å². The standard InChI is InChI=1S/C20H23NO7S/c1-27-19-7-6-13(8-20(19)28-2)17(23)10-21(14-4-3-5-15(22)9-14)16-11-29(25,26)12-18(16)24/h3-9,16,18,22,24H,10-12H2,1-2H3/t16-,18-/m0/s1. The average Bonchev–Trinajstić information content (AvgIpc) is 2.97. The van der Waals surface area contributed by atoms with E-state index in [1.165, 1.54) is 31.3 Å². The van der Waals surface area contributed by atoms with E-state index in [9.17, 15) is 23.4 Å². The minimum absolute atomic E-state index is 0.0265. The van der Waals surface area contributed by atoms with Crippen LogP contribution in [0.1, 0.15) is 10.4 Å². The van der Waals surface area contributed by atoms with Crippen molar-refractivity contribution in [3.63, 3.8) is 0 Å². The van der Waals surface area contributed by atoms with E-state index in [0.29, 0.717) is 22.7 Å². The van der Waals surface area contributed by atoms with Gasteiger partial charge in [0.1, 0.15) is 5.75 Å². The number of carbonyl (C=O) groups is 1. The number of anilines is 1. The summed E-state index contributed by atoms with van der Waals surface area (Å²) < 4.78 is 34.4. The first-order valence-corrected chi connectivity index (χ1v) is 10.8. The average molecular weight is 421 g/mol. The van der Waals surface area contributed by atoms with Crippen LogP contribution in [-0.4, -0.2) is 68.8 Å². The minimum atomic E-state index is -3.43. The van der Waals surface area contributed by atoms with Gasteiger partial charge >= 0.3 is 0 Å². The highest BCUT2D eigenvalue weighted by molar-refractivity contribution is 7.91. The first-order valence-electron chi connectivity index (χ1n) is 8.93. The number of hydrogen-bond acceptors (Lipinski definition) is 8. The van der Waals surface area contributed by atoms with Gasteiger partial charge in [-0.1, -0.05) is 6.07 Å². The van der Waals surface area contributed by atoms with Crippen molar-refractivity contribution in [3.8, 4) is 17.2 Å². The maximum atomic E-state index is 13.0. The molecule has 0 radical (unpaired) electrons. The monoisotopic (exact) mass is 421 g/mol. The molecule has 0 aromatic heterocycles. The third-order valence-corrected chi connectivity index (χ3v) is 6.57. The number of Topliss-reactive ketones (excluding diaryl/α,β-unsaturated/α-hetero) is 1. The van der Waals surface area contributed by atoms with Gasteiger partial charge in [0.05, 0.1) is 44.4 Å². The van der Waals surface area contributed by atoms with E-state index in [0.717, 1.165) is 0 Å². The molecule has 0 bridgehead atoms. The summed E-state index contributed by atoms with van der Waals surface area (Å²) in [7, 11) is -0.476. The molecule has 0 saturated carbocycles. The Morgan fingerprint density at radius 3 is 2.41 bits per heavy atom. The van der Waals surface area contributed by atoms with Gasteiger partial charge < -0.3 is 24.6 Å². The second-order valence-corrected chi connectivity index (χ2v) is 9.01. The summed E-state index contributed by atoms with van der Waals surface area (Å²) in [5.41, 5.74) is 0.795. The van der Waals surface area contributed by atoms with Gasteiger partial charge in [-0.25, -0.2) is 8.42 Å². The lowest BCUT2D eigenvalue weighted by molar-refractivity contribution is 0.0990. The molecule has 3 rings (SSSR count). The van der Waals surface area contributed by atoms with Crippen LogP contribution in [0.4, 0.5) is 5.69 Å². The highest BCUT2D eigenvalue weighted by Gasteiger charge is 2.41. The molecule has 1 heterocycles. The summed E-state index contributed by atoms with van der Waals surface area (Å²) in [5.74, 6) is -0.0928. The smallest absolute Gasteiger partial charge is 0.182 e. The molecule has 2 atom stereocenters. The molecule has 1 aliphatic heterocycles. The summed E-state index contributed by atoms with van der Waals surface area (Å²) in [6.45, 7) is -0.184. The molecular weight excluding hydrogens is 398 g/mol. The fourth-order valence-electron chi connectivity index (χ4n) is 3.44. The lowest BCUT2D eigenvalue weighted by Gasteiger charge is -2.32. The molecule has 1 saturated heterocycles. The van der Waals surface area contributed by atoms with Crippen molar-refractivity contribution in [1.29, 1.82) is 0 Å². The summed E-state index contributed by atoms with van der Waals surface area (Å²) in [6.07, 6.45) is -1.14. The van der Waals surface area contributed by atoms with Crippen molar-refractivity contribution in [2.45, 2.75) is 12.1 Å². The van der Waals surface area contributed by atoms with E-state index in [4.69, 9.17) is 9.47 Å². The SMILES string of the molecule is COc1ccc(C(=O)CN(c2cccc(O)c2)[C@H]2CS(=O)(=O)C[C@@H]2O)cc1OC. The first-order chi connectivity index (χ1) is 13.7. The molecule has 1 fully saturated rings. The number of aliphatic hydroxyl groups excluding tert-OH is 1. The molecule has 2 aromatic rings. The number of aliphatic hydroxyl groups is 1. The van der Waals surface area contributed by atoms with Crippen molar-refractivity contribution in [3.05, 3.63) is 48.0 Å². The zero-order valence-corrected chi connectivity index (χ0v) is 16.9. The maximum Gasteiger partial charge on any atom is 0.182 e. The Bertz CT molecular complexity index is 1010. The van der Waals surface area contributed by atoms with E-state index in [1.807, 2.05) is 0 Å². The number of methoxy groups -OCH3 is 2. The molecule has 0 spiro atoms. The van der Waals surface area contributed by atoms with Crippen molar-refractivity contribution in [1.82, 2.24) is 0 Å². The highest BCUT2D eigenvalue weighted by Crippen LogP contribution is 2.30. The van der Waals surface area contributed by atoms with Crippen LogP contribution in [0, 0.1) is 0 Å². The molecule has 0 unspecified atom stereocenters. The van der Waals surface area contributed by atoms with Gasteiger partial charge in [0.15, 0.2) is 27.1 Å². The molecule has 0 aliphatic carbocycles. The third-order valence-electron chi connectivity index (χ3n) is 4.87. The fourth-order valence-corrected chi connectivity index (χ4v) is 5.24. The van der Waals surface area contributed by atoms with Crippen molar-refractivity contribution in [2.24, 2.45) is 0 Å². The van der Waals surface area contributed by atoms with Gasteiger partial charge in [0.25, 0.3) is 0 Å². The first kappa shape index (κ1) is 20.9. The van der Waals surface area contributed by atoms with Gasteiger partial charge in [-0.2, -0.15) is 0 Å². The number of phenolic OH excluding ortho intramolecular Hbond substituents is 1. The summed E-state index contributed by atoms with van der Waals surface area (Å²) in [4.78, 5) is 14.5. The number of sulfone groups is 1. The summed E-state index contributed by atoms with van der Waals surface area (Å²) >= 11 is 0. The predicted octanol–water partition coefficient (Wildman–Crippen LogP) is 1.26. The Balaban J connectivity index is 1.94. The van der Waals surface area contributed by atoms with Gasteiger partial charge in [-0.05, 0) is 30.3 Å². The largest absolute Gasteiger partial charge is 0.508 e. The van der Waals surface area contributed by atoms with Crippen molar-refractivity contribution < 1.29 is 32.9 Å². The number of rotatable bonds is 7. The van der Waals surface area contributed by atoms with Gasteiger partial charge in [-0.15, -0.1) is 0 Å². The lowest BCUT2D eigenvalue weighted by Crippen LogP contribution is -2.46. The predicted molar refractivity (Wildman–Crippen MR) is 108 cm³/mol. The third kappa shape index (κ3) is 4.63. The Kier molecular flexibility index (Phi) is 5.99.